The van der Waals surface area contributed by atoms with E-state index in [0.717, 1.165) is 18.5 Å². The van der Waals surface area contributed by atoms with E-state index in [0.29, 0.717) is 25.4 Å². The third kappa shape index (κ3) is 4.67. The molecule has 0 spiro atoms. The van der Waals surface area contributed by atoms with Crippen LogP contribution >= 0.6 is 0 Å². The minimum Gasteiger partial charge on any atom is -0.355 e. The number of fused-ring (bicyclic) bond motifs is 1. The molecule has 4 heteroatoms. The van der Waals surface area contributed by atoms with Crippen LogP contribution < -0.4 is 5.32 Å². The number of nitrogens with zero attached hydrogens (tertiary/aromatic N) is 1. The molecular weight excluding hydrogens is 315 g/mol. The van der Waals surface area contributed by atoms with Crippen molar-refractivity contribution in [3.8, 4) is 0 Å². The van der Waals surface area contributed by atoms with E-state index in [9.17, 15) is 9.18 Å². The number of likely N-dealkylation sites (N-methyl/N-ethyl adjacent to an activating group) is 1. The van der Waals surface area contributed by atoms with Crippen molar-refractivity contribution < 1.29 is 9.18 Å². The molecule has 1 N–H and O–H groups in total. The number of hydrogen-bond acceptors (Lipinski definition) is 2. The van der Waals surface area contributed by atoms with E-state index in [-0.39, 0.29) is 11.7 Å². The molecule has 0 saturated heterocycles. The maximum absolute atomic E-state index is 13.2. The number of rotatable bonds is 5. The largest absolute Gasteiger partial charge is 0.355 e. The summed E-state index contributed by atoms with van der Waals surface area (Å²) in [6.45, 7) is 3.67. The van der Waals surface area contributed by atoms with Gasteiger partial charge in [-0.25, -0.2) is 4.39 Å². The predicted octanol–water partition coefficient (Wildman–Crippen LogP) is 3.24. The Morgan fingerprint density at radius 1 is 1.24 bits per heavy atom. The highest BCUT2D eigenvalue weighted by Gasteiger charge is 2.23. The molecule has 3 rings (SSSR count). The molecule has 3 nitrogen and oxygen atoms in total. The summed E-state index contributed by atoms with van der Waals surface area (Å²) in [5.41, 5.74) is 4.90. The number of hydrogen-bond donors (Lipinski definition) is 1. The fraction of sp³-hybridized carbons (Fsp3) is 0.381. The van der Waals surface area contributed by atoms with Crippen LogP contribution in [0.2, 0.25) is 0 Å². The van der Waals surface area contributed by atoms with E-state index in [4.69, 9.17) is 0 Å². The lowest BCUT2D eigenvalue weighted by molar-refractivity contribution is -0.121. The molecule has 0 radical (unpaired) electrons. The van der Waals surface area contributed by atoms with Gasteiger partial charge in [-0.15, -0.1) is 0 Å². The molecule has 25 heavy (non-hydrogen) atoms. The molecule has 2 aromatic carbocycles. The average Bonchev–Trinajstić information content (AvgIpc) is 2.58. The van der Waals surface area contributed by atoms with Gasteiger partial charge in [-0.05, 0) is 55.6 Å². The lowest BCUT2D eigenvalue weighted by Gasteiger charge is -2.34. The second-order valence-corrected chi connectivity index (χ2v) is 6.98. The van der Waals surface area contributed by atoms with Gasteiger partial charge in [0.25, 0.3) is 0 Å². The topological polar surface area (TPSA) is 32.3 Å². The van der Waals surface area contributed by atoms with E-state index in [1.54, 1.807) is 6.07 Å². The Hall–Kier alpha value is -2.20. The van der Waals surface area contributed by atoms with Gasteiger partial charge < -0.3 is 5.32 Å². The van der Waals surface area contributed by atoms with Crippen molar-refractivity contribution in [2.45, 2.75) is 38.8 Å². The summed E-state index contributed by atoms with van der Waals surface area (Å²) in [6.07, 6.45) is 1.90. The van der Waals surface area contributed by atoms with Crippen LogP contribution in [0.3, 0.4) is 0 Å². The summed E-state index contributed by atoms with van der Waals surface area (Å²) >= 11 is 0. The number of carbonyl (C=O) groups excluding carboxylic acids is 1. The van der Waals surface area contributed by atoms with Crippen LogP contribution in [0.4, 0.5) is 4.39 Å². The van der Waals surface area contributed by atoms with Crippen molar-refractivity contribution in [2.75, 3.05) is 13.6 Å². The fourth-order valence-corrected chi connectivity index (χ4v) is 3.40. The van der Waals surface area contributed by atoms with Gasteiger partial charge in [-0.2, -0.15) is 0 Å². The van der Waals surface area contributed by atoms with Crippen LogP contribution in [0, 0.1) is 12.7 Å². The smallest absolute Gasteiger partial charge is 0.220 e. The van der Waals surface area contributed by atoms with Crippen molar-refractivity contribution in [2.24, 2.45) is 0 Å². The zero-order valence-corrected chi connectivity index (χ0v) is 14.9. The summed E-state index contributed by atoms with van der Waals surface area (Å²) < 4.78 is 13.2. The molecule has 0 bridgehead atoms. The van der Waals surface area contributed by atoms with Crippen LogP contribution in [0.25, 0.3) is 0 Å². The zero-order chi connectivity index (χ0) is 17.8. The summed E-state index contributed by atoms with van der Waals surface area (Å²) in [5, 5.41) is 3.04. The predicted molar refractivity (Wildman–Crippen MR) is 97.9 cm³/mol. The molecule has 1 heterocycles. The molecular formula is C21H25FN2O. The lowest BCUT2D eigenvalue weighted by Crippen LogP contribution is -2.45. The number of nitrogens with one attached hydrogen (secondary N) is 1. The quantitative estimate of drug-likeness (QED) is 0.906. The highest BCUT2D eigenvalue weighted by molar-refractivity contribution is 5.76. The molecule has 1 amide bonds. The number of amides is 1. The zero-order valence-electron chi connectivity index (χ0n) is 14.9. The van der Waals surface area contributed by atoms with Crippen molar-refractivity contribution in [3.63, 3.8) is 0 Å². The van der Waals surface area contributed by atoms with Crippen molar-refractivity contribution >= 4 is 5.91 Å². The summed E-state index contributed by atoms with van der Waals surface area (Å²) in [4.78, 5) is 14.4. The van der Waals surface area contributed by atoms with E-state index in [1.165, 1.54) is 28.8 Å². The highest BCUT2D eigenvalue weighted by atomic mass is 19.1. The molecule has 1 atom stereocenters. The Balaban J connectivity index is 1.50. The average molecular weight is 340 g/mol. The molecule has 1 aliphatic heterocycles. The van der Waals surface area contributed by atoms with Gasteiger partial charge in [0.05, 0.1) is 0 Å². The molecule has 2 aromatic rings. The Morgan fingerprint density at radius 3 is 2.88 bits per heavy atom. The molecule has 0 aliphatic carbocycles. The third-order valence-corrected chi connectivity index (χ3v) is 4.93. The van der Waals surface area contributed by atoms with Gasteiger partial charge in [-0.3, -0.25) is 9.69 Å². The molecule has 132 valence electrons. The minimum atomic E-state index is -0.254. The lowest BCUT2D eigenvalue weighted by atomic mass is 9.93. The highest BCUT2D eigenvalue weighted by Crippen LogP contribution is 2.23. The van der Waals surface area contributed by atoms with Gasteiger partial charge >= 0.3 is 0 Å². The molecule has 1 unspecified atom stereocenters. The normalized spacial score (nSPS) is 17.2. The second-order valence-electron chi connectivity index (χ2n) is 6.98. The second kappa shape index (κ2) is 7.79. The van der Waals surface area contributed by atoms with Crippen LogP contribution in [-0.4, -0.2) is 30.4 Å². The van der Waals surface area contributed by atoms with Crippen LogP contribution in [0.15, 0.2) is 42.5 Å². The summed E-state index contributed by atoms with van der Waals surface area (Å²) in [6, 6.07) is 13.4. The van der Waals surface area contributed by atoms with E-state index >= 15 is 0 Å². The van der Waals surface area contributed by atoms with Crippen molar-refractivity contribution in [1.82, 2.24) is 10.2 Å². The molecule has 0 saturated carbocycles. The van der Waals surface area contributed by atoms with Crippen molar-refractivity contribution in [1.29, 1.82) is 0 Å². The maximum Gasteiger partial charge on any atom is 0.220 e. The van der Waals surface area contributed by atoms with Crippen LogP contribution in [0.5, 0.6) is 0 Å². The van der Waals surface area contributed by atoms with Gasteiger partial charge in [-0.1, -0.05) is 35.9 Å². The Kier molecular flexibility index (Phi) is 5.49. The van der Waals surface area contributed by atoms with E-state index in [2.05, 4.69) is 42.4 Å². The maximum atomic E-state index is 13.2. The van der Waals surface area contributed by atoms with E-state index < -0.39 is 0 Å². The monoisotopic (exact) mass is 340 g/mol. The first-order chi connectivity index (χ1) is 12.0. The number of carbonyl (C=O) groups is 1. The first-order valence-electron chi connectivity index (χ1n) is 8.81. The SMILES string of the molecule is Cc1ccc2c(c1)CC(CNC(=O)CCc1cccc(F)c1)N(C)C2. The summed E-state index contributed by atoms with van der Waals surface area (Å²) in [5.74, 6) is -0.233. The van der Waals surface area contributed by atoms with E-state index in [1.807, 2.05) is 6.07 Å². The summed E-state index contributed by atoms with van der Waals surface area (Å²) in [7, 11) is 2.10. The van der Waals surface area contributed by atoms with Crippen LogP contribution in [-0.2, 0) is 24.2 Å². The van der Waals surface area contributed by atoms with Gasteiger partial charge in [0, 0.05) is 25.6 Å². The Labute approximate surface area is 148 Å². The fourth-order valence-electron chi connectivity index (χ4n) is 3.40. The first kappa shape index (κ1) is 17.6. The Morgan fingerprint density at radius 2 is 2.08 bits per heavy atom. The van der Waals surface area contributed by atoms with Gasteiger partial charge in [0.2, 0.25) is 5.91 Å². The van der Waals surface area contributed by atoms with Crippen molar-refractivity contribution in [3.05, 3.63) is 70.5 Å². The third-order valence-electron chi connectivity index (χ3n) is 4.93. The standard InChI is InChI=1S/C21H25FN2O/c1-15-6-8-17-14-24(2)20(12-18(17)10-15)13-23-21(25)9-7-16-4-3-5-19(22)11-16/h3-6,8,10-11,20H,7,9,12-14H2,1-2H3,(H,23,25). The number of halogens is 1. The number of aryl methyl sites for hydroxylation is 2. The van der Waals surface area contributed by atoms with Gasteiger partial charge in [0.15, 0.2) is 0 Å². The first-order valence-corrected chi connectivity index (χ1v) is 8.81. The number of benzene rings is 2. The van der Waals surface area contributed by atoms with Crippen LogP contribution in [0.1, 0.15) is 28.7 Å². The minimum absolute atomic E-state index is 0.0210. The van der Waals surface area contributed by atoms with Gasteiger partial charge in [0.1, 0.15) is 5.82 Å². The molecule has 0 fully saturated rings. The Bertz CT molecular complexity index is 759. The molecule has 1 aliphatic rings. The molecule has 0 aromatic heterocycles.